The summed E-state index contributed by atoms with van der Waals surface area (Å²) < 4.78 is 13.4. The molecule has 0 saturated heterocycles. The second-order valence-electron chi connectivity index (χ2n) is 6.70. The number of aromatic nitrogens is 1. The van der Waals surface area contributed by atoms with Gasteiger partial charge in [-0.3, -0.25) is 19.4 Å². The summed E-state index contributed by atoms with van der Waals surface area (Å²) in [5.74, 6) is -1.94. The SMILES string of the molecule is O=C1Nc2ccc(C(=O)NCc3cccnc3)cc2C(=O)/C1=C\c1cccc(F)c1. The summed E-state index contributed by atoms with van der Waals surface area (Å²) in [6, 6.07) is 13.7. The molecule has 2 heterocycles. The van der Waals surface area contributed by atoms with Gasteiger partial charge in [0.15, 0.2) is 0 Å². The third-order valence-electron chi connectivity index (χ3n) is 4.60. The van der Waals surface area contributed by atoms with Crippen molar-refractivity contribution in [3.8, 4) is 0 Å². The van der Waals surface area contributed by atoms with E-state index in [9.17, 15) is 18.8 Å². The molecule has 0 atom stereocenters. The molecule has 7 heteroatoms. The van der Waals surface area contributed by atoms with E-state index in [-0.39, 0.29) is 22.6 Å². The number of Topliss-reactive ketones (excluding diaryl/α,β-unsaturated/α-hetero) is 1. The summed E-state index contributed by atoms with van der Waals surface area (Å²) in [4.78, 5) is 41.8. The van der Waals surface area contributed by atoms with Crippen LogP contribution in [-0.2, 0) is 11.3 Å². The smallest absolute Gasteiger partial charge is 0.259 e. The second kappa shape index (κ2) is 8.08. The number of carbonyl (C=O) groups excluding carboxylic acids is 3. The molecule has 1 aliphatic heterocycles. The van der Waals surface area contributed by atoms with Gasteiger partial charge in [0.2, 0.25) is 5.78 Å². The van der Waals surface area contributed by atoms with Gasteiger partial charge in [-0.05, 0) is 53.6 Å². The zero-order valence-corrected chi connectivity index (χ0v) is 15.7. The van der Waals surface area contributed by atoms with Gasteiger partial charge in [0, 0.05) is 30.1 Å². The number of amides is 2. The van der Waals surface area contributed by atoms with E-state index in [2.05, 4.69) is 15.6 Å². The molecule has 6 nitrogen and oxygen atoms in total. The molecule has 30 heavy (non-hydrogen) atoms. The zero-order valence-electron chi connectivity index (χ0n) is 15.7. The molecule has 1 aromatic heterocycles. The van der Waals surface area contributed by atoms with Crippen LogP contribution in [0, 0.1) is 5.82 Å². The monoisotopic (exact) mass is 401 g/mol. The largest absolute Gasteiger partial charge is 0.348 e. The van der Waals surface area contributed by atoms with E-state index in [0.717, 1.165) is 5.56 Å². The molecule has 0 unspecified atom stereocenters. The van der Waals surface area contributed by atoms with Crippen LogP contribution in [0.15, 0.2) is 72.6 Å². The molecule has 0 aliphatic carbocycles. The van der Waals surface area contributed by atoms with Gasteiger partial charge in [0.05, 0.1) is 11.3 Å². The first-order valence-corrected chi connectivity index (χ1v) is 9.16. The Morgan fingerprint density at radius 3 is 2.73 bits per heavy atom. The Morgan fingerprint density at radius 1 is 1.10 bits per heavy atom. The van der Waals surface area contributed by atoms with Gasteiger partial charge in [-0.15, -0.1) is 0 Å². The van der Waals surface area contributed by atoms with Crippen LogP contribution in [0.2, 0.25) is 0 Å². The highest BCUT2D eigenvalue weighted by Crippen LogP contribution is 2.27. The molecule has 0 radical (unpaired) electrons. The maximum absolute atomic E-state index is 13.4. The first-order chi connectivity index (χ1) is 14.5. The molecule has 2 amide bonds. The average molecular weight is 401 g/mol. The van der Waals surface area contributed by atoms with Crippen molar-refractivity contribution in [2.24, 2.45) is 0 Å². The molecule has 4 rings (SSSR count). The fourth-order valence-corrected chi connectivity index (χ4v) is 3.10. The number of carbonyl (C=O) groups is 3. The quantitative estimate of drug-likeness (QED) is 0.518. The predicted molar refractivity (Wildman–Crippen MR) is 109 cm³/mol. The predicted octanol–water partition coefficient (Wildman–Crippen LogP) is 3.37. The number of nitrogens with one attached hydrogen (secondary N) is 2. The molecule has 2 N–H and O–H groups in total. The minimum atomic E-state index is -0.578. The van der Waals surface area contributed by atoms with Crippen LogP contribution >= 0.6 is 0 Å². The lowest BCUT2D eigenvalue weighted by molar-refractivity contribution is -0.112. The van der Waals surface area contributed by atoms with E-state index in [1.807, 2.05) is 6.07 Å². The lowest BCUT2D eigenvalue weighted by Gasteiger charge is -2.19. The van der Waals surface area contributed by atoms with Gasteiger partial charge < -0.3 is 10.6 Å². The van der Waals surface area contributed by atoms with Gasteiger partial charge in [0.25, 0.3) is 11.8 Å². The van der Waals surface area contributed by atoms with E-state index in [0.29, 0.717) is 17.8 Å². The van der Waals surface area contributed by atoms with Crippen molar-refractivity contribution in [3.05, 3.63) is 101 Å². The van der Waals surface area contributed by atoms with E-state index in [4.69, 9.17) is 0 Å². The average Bonchev–Trinajstić information content (AvgIpc) is 2.75. The van der Waals surface area contributed by atoms with Crippen LogP contribution in [-0.4, -0.2) is 22.6 Å². The number of benzene rings is 2. The van der Waals surface area contributed by atoms with Gasteiger partial charge in [-0.2, -0.15) is 0 Å². The number of rotatable bonds is 4. The van der Waals surface area contributed by atoms with E-state index >= 15 is 0 Å². The molecule has 3 aromatic rings. The first-order valence-electron chi connectivity index (χ1n) is 9.16. The number of fused-ring (bicyclic) bond motifs is 1. The lowest BCUT2D eigenvalue weighted by atomic mass is 9.93. The number of hydrogen-bond donors (Lipinski definition) is 2. The maximum Gasteiger partial charge on any atom is 0.259 e. The Hall–Kier alpha value is -4.13. The van der Waals surface area contributed by atoms with E-state index in [1.165, 1.54) is 42.5 Å². The number of hydrogen-bond acceptors (Lipinski definition) is 4. The fourth-order valence-electron chi connectivity index (χ4n) is 3.10. The second-order valence-corrected chi connectivity index (χ2v) is 6.70. The summed E-state index contributed by atoms with van der Waals surface area (Å²) in [5, 5.41) is 5.41. The van der Waals surface area contributed by atoms with E-state index in [1.54, 1.807) is 24.5 Å². The van der Waals surface area contributed by atoms with E-state index < -0.39 is 17.5 Å². The Kier molecular flexibility index (Phi) is 5.17. The Balaban J connectivity index is 1.59. The van der Waals surface area contributed by atoms with Crippen molar-refractivity contribution >= 4 is 29.4 Å². The standard InChI is InChI=1S/C23H16FN3O3/c24-17-5-1-3-14(9-17)10-19-21(28)18-11-16(6-7-20(18)27-23(19)30)22(29)26-13-15-4-2-8-25-12-15/h1-12H,13H2,(H,26,29)(H,27,30)/b19-10+. The van der Waals surface area contributed by atoms with Crippen LogP contribution < -0.4 is 10.6 Å². The normalized spacial score (nSPS) is 14.2. The fraction of sp³-hybridized carbons (Fsp3) is 0.0435. The Labute approximate surface area is 171 Å². The zero-order chi connectivity index (χ0) is 21.1. The topological polar surface area (TPSA) is 88.2 Å². The van der Waals surface area contributed by atoms with Crippen molar-refractivity contribution in [2.75, 3.05) is 5.32 Å². The number of ketones is 1. The molecule has 0 saturated carbocycles. The van der Waals surface area contributed by atoms with Crippen LogP contribution in [0.25, 0.3) is 6.08 Å². The number of nitrogens with zero attached hydrogens (tertiary/aromatic N) is 1. The lowest BCUT2D eigenvalue weighted by Crippen LogP contribution is -2.28. The van der Waals surface area contributed by atoms with Gasteiger partial charge >= 0.3 is 0 Å². The molecule has 0 spiro atoms. The van der Waals surface area contributed by atoms with Crippen LogP contribution in [0.1, 0.15) is 31.8 Å². The Bertz CT molecular complexity index is 1190. The number of pyridine rings is 1. The molecule has 0 fully saturated rings. The summed E-state index contributed by atoms with van der Waals surface area (Å²) in [6.07, 6.45) is 4.62. The molecule has 148 valence electrons. The van der Waals surface area contributed by atoms with Crippen molar-refractivity contribution in [1.29, 1.82) is 0 Å². The van der Waals surface area contributed by atoms with Crippen molar-refractivity contribution < 1.29 is 18.8 Å². The number of halogens is 1. The third kappa shape index (κ3) is 4.00. The van der Waals surface area contributed by atoms with Gasteiger partial charge in [-0.25, -0.2) is 4.39 Å². The summed E-state index contributed by atoms with van der Waals surface area (Å²) in [6.45, 7) is 0.291. The maximum atomic E-state index is 13.4. The summed E-state index contributed by atoms with van der Waals surface area (Å²) in [7, 11) is 0. The first kappa shape index (κ1) is 19.2. The molecular formula is C23H16FN3O3. The number of anilines is 1. The van der Waals surface area contributed by atoms with Crippen LogP contribution in [0.3, 0.4) is 0 Å². The highest BCUT2D eigenvalue weighted by Gasteiger charge is 2.29. The van der Waals surface area contributed by atoms with Crippen LogP contribution in [0.5, 0.6) is 0 Å². The summed E-state index contributed by atoms with van der Waals surface area (Å²) >= 11 is 0. The van der Waals surface area contributed by atoms with Crippen LogP contribution in [0.4, 0.5) is 10.1 Å². The van der Waals surface area contributed by atoms with Crippen molar-refractivity contribution in [3.63, 3.8) is 0 Å². The Morgan fingerprint density at radius 2 is 1.97 bits per heavy atom. The van der Waals surface area contributed by atoms with Crippen molar-refractivity contribution in [2.45, 2.75) is 6.54 Å². The molecule has 1 aliphatic rings. The van der Waals surface area contributed by atoms with Gasteiger partial charge in [-0.1, -0.05) is 18.2 Å². The third-order valence-corrected chi connectivity index (χ3v) is 4.60. The highest BCUT2D eigenvalue weighted by atomic mass is 19.1. The molecular weight excluding hydrogens is 385 g/mol. The summed E-state index contributed by atoms with van der Waals surface area (Å²) in [5.41, 5.74) is 1.92. The minimum absolute atomic E-state index is 0.124. The highest BCUT2D eigenvalue weighted by molar-refractivity contribution is 6.36. The van der Waals surface area contributed by atoms with Gasteiger partial charge in [0.1, 0.15) is 5.82 Å². The molecule has 0 bridgehead atoms. The van der Waals surface area contributed by atoms with Crippen molar-refractivity contribution in [1.82, 2.24) is 10.3 Å². The minimum Gasteiger partial charge on any atom is -0.348 e. The molecule has 2 aromatic carbocycles.